The maximum Gasteiger partial charge on any atom is 0.229 e. The third-order valence-corrected chi connectivity index (χ3v) is 5.71. The SMILES string of the molecule is Cc1cc(NS(C)(=O)=O)ccc1Nc1c2ccccc2nc2c(OCC(O)CO)cccc12.Cl. The molecule has 10 heteroatoms. The van der Waals surface area contributed by atoms with Crippen LogP contribution in [0.1, 0.15) is 5.56 Å². The lowest BCUT2D eigenvalue weighted by molar-refractivity contribution is 0.0540. The van der Waals surface area contributed by atoms with Gasteiger partial charge in [0.25, 0.3) is 0 Å². The highest BCUT2D eigenvalue weighted by molar-refractivity contribution is 7.92. The van der Waals surface area contributed by atoms with Crippen LogP contribution in [0.3, 0.4) is 0 Å². The standard InChI is InChI=1S/C24H25N3O5S.ClH/c1-15-12-16(27-33(2,30)31)10-11-20(15)25-23-18-6-3-4-8-21(18)26-24-19(23)7-5-9-22(24)32-14-17(29)13-28;/h3-12,17,27-29H,13-14H2,1-2H3,(H,25,26);1H. The third kappa shape index (κ3) is 5.68. The lowest BCUT2D eigenvalue weighted by Crippen LogP contribution is -2.21. The Balaban J connectivity index is 0.00000324. The molecule has 34 heavy (non-hydrogen) atoms. The van der Waals surface area contributed by atoms with Gasteiger partial charge in [-0.1, -0.05) is 30.3 Å². The van der Waals surface area contributed by atoms with Crippen molar-refractivity contribution in [3.05, 3.63) is 66.2 Å². The van der Waals surface area contributed by atoms with Crippen molar-refractivity contribution in [1.82, 2.24) is 4.98 Å². The number of nitrogens with zero attached hydrogens (tertiary/aromatic N) is 1. The van der Waals surface area contributed by atoms with Crippen LogP contribution in [0.25, 0.3) is 21.8 Å². The summed E-state index contributed by atoms with van der Waals surface area (Å²) in [6.45, 7) is 1.45. The average Bonchev–Trinajstić information content (AvgIpc) is 2.77. The van der Waals surface area contributed by atoms with Crippen LogP contribution in [0.2, 0.25) is 0 Å². The summed E-state index contributed by atoms with van der Waals surface area (Å²) in [5.41, 5.74) is 4.37. The maximum absolute atomic E-state index is 11.6. The van der Waals surface area contributed by atoms with Crippen LogP contribution in [0.4, 0.5) is 17.1 Å². The number of aromatic nitrogens is 1. The molecule has 4 N–H and O–H groups in total. The second kappa shape index (κ2) is 10.4. The number of sulfonamides is 1. The van der Waals surface area contributed by atoms with E-state index in [2.05, 4.69) is 10.0 Å². The molecule has 1 aromatic heterocycles. The number of aliphatic hydroxyl groups excluding tert-OH is 2. The summed E-state index contributed by atoms with van der Waals surface area (Å²) in [6, 6.07) is 18.6. The van der Waals surface area contributed by atoms with Crippen molar-refractivity contribution in [1.29, 1.82) is 0 Å². The lowest BCUT2D eigenvalue weighted by Gasteiger charge is -2.17. The Morgan fingerprint density at radius 1 is 1.06 bits per heavy atom. The fourth-order valence-electron chi connectivity index (χ4n) is 3.59. The number of aliphatic hydroxyl groups is 2. The van der Waals surface area contributed by atoms with Crippen molar-refractivity contribution in [2.45, 2.75) is 13.0 Å². The Bertz CT molecular complexity index is 1430. The number of halogens is 1. The van der Waals surface area contributed by atoms with E-state index < -0.39 is 22.7 Å². The van der Waals surface area contributed by atoms with Gasteiger partial charge in [-0.2, -0.15) is 0 Å². The van der Waals surface area contributed by atoms with E-state index in [0.717, 1.165) is 39.5 Å². The maximum atomic E-state index is 11.6. The van der Waals surface area contributed by atoms with Crippen LogP contribution in [0, 0.1) is 6.92 Å². The van der Waals surface area contributed by atoms with E-state index >= 15 is 0 Å². The molecule has 0 radical (unpaired) electrons. The van der Waals surface area contributed by atoms with Gasteiger partial charge in [0.2, 0.25) is 10.0 Å². The number of fused-ring (bicyclic) bond motifs is 2. The number of para-hydroxylation sites is 2. The van der Waals surface area contributed by atoms with Crippen LogP contribution in [-0.2, 0) is 10.0 Å². The van der Waals surface area contributed by atoms with Gasteiger partial charge in [-0.05, 0) is 42.8 Å². The van der Waals surface area contributed by atoms with E-state index in [9.17, 15) is 13.5 Å². The molecule has 1 heterocycles. The molecule has 4 rings (SSSR count). The highest BCUT2D eigenvalue weighted by Gasteiger charge is 2.15. The highest BCUT2D eigenvalue weighted by atomic mass is 35.5. The molecule has 1 atom stereocenters. The number of anilines is 3. The zero-order valence-corrected chi connectivity index (χ0v) is 20.3. The molecule has 3 aromatic carbocycles. The minimum atomic E-state index is -3.37. The van der Waals surface area contributed by atoms with Crippen LogP contribution in [0.5, 0.6) is 5.75 Å². The predicted octanol–water partition coefficient (Wildman–Crippen LogP) is 3.97. The van der Waals surface area contributed by atoms with Gasteiger partial charge in [0.1, 0.15) is 24.0 Å². The van der Waals surface area contributed by atoms with Crippen LogP contribution in [-0.4, -0.2) is 49.2 Å². The smallest absolute Gasteiger partial charge is 0.229 e. The van der Waals surface area contributed by atoms with Gasteiger partial charge < -0.3 is 20.3 Å². The summed E-state index contributed by atoms with van der Waals surface area (Å²) in [6.07, 6.45) is 0.128. The Labute approximate surface area is 204 Å². The second-order valence-corrected chi connectivity index (χ2v) is 9.58. The molecule has 1 unspecified atom stereocenters. The number of hydrogen-bond acceptors (Lipinski definition) is 7. The van der Waals surface area contributed by atoms with Crippen molar-refractivity contribution in [3.8, 4) is 5.75 Å². The molecule has 0 spiro atoms. The van der Waals surface area contributed by atoms with Crippen LogP contribution in [0.15, 0.2) is 60.7 Å². The first-order chi connectivity index (χ1) is 15.7. The zero-order valence-electron chi connectivity index (χ0n) is 18.6. The van der Waals surface area contributed by atoms with Gasteiger partial charge >= 0.3 is 0 Å². The molecule has 0 aliphatic heterocycles. The number of ether oxygens (including phenoxy) is 1. The van der Waals surface area contributed by atoms with E-state index in [1.54, 1.807) is 18.2 Å². The molecule has 0 fully saturated rings. The van der Waals surface area contributed by atoms with E-state index in [0.29, 0.717) is 17.0 Å². The number of aryl methyl sites for hydroxylation is 1. The Morgan fingerprint density at radius 3 is 2.50 bits per heavy atom. The zero-order chi connectivity index (χ0) is 23.6. The summed E-state index contributed by atoms with van der Waals surface area (Å²) < 4.78 is 31.3. The Hall–Kier alpha value is -3.11. The fraction of sp³-hybridized carbons (Fsp3) is 0.208. The number of rotatable bonds is 8. The van der Waals surface area contributed by atoms with Gasteiger partial charge in [-0.3, -0.25) is 4.72 Å². The summed E-state index contributed by atoms with van der Waals surface area (Å²) in [5, 5.41) is 24.0. The first-order valence-corrected chi connectivity index (χ1v) is 12.2. The minimum absolute atomic E-state index is 0. The molecule has 0 saturated carbocycles. The topological polar surface area (TPSA) is 121 Å². The van der Waals surface area contributed by atoms with E-state index in [1.165, 1.54) is 0 Å². The van der Waals surface area contributed by atoms with Gasteiger partial charge in [0, 0.05) is 22.1 Å². The van der Waals surface area contributed by atoms with Crippen molar-refractivity contribution in [3.63, 3.8) is 0 Å². The highest BCUT2D eigenvalue weighted by Crippen LogP contribution is 2.37. The summed E-state index contributed by atoms with van der Waals surface area (Å²) in [7, 11) is -3.37. The first-order valence-electron chi connectivity index (χ1n) is 10.3. The molecule has 0 amide bonds. The minimum Gasteiger partial charge on any atom is -0.489 e. The van der Waals surface area contributed by atoms with Crippen molar-refractivity contribution in [2.24, 2.45) is 0 Å². The third-order valence-electron chi connectivity index (χ3n) is 5.11. The van der Waals surface area contributed by atoms with Crippen LogP contribution >= 0.6 is 12.4 Å². The molecular formula is C24H26ClN3O5S. The Kier molecular flexibility index (Phi) is 7.83. The van der Waals surface area contributed by atoms with Gasteiger partial charge in [0.05, 0.1) is 24.1 Å². The summed E-state index contributed by atoms with van der Waals surface area (Å²) >= 11 is 0. The molecule has 180 valence electrons. The first kappa shape index (κ1) is 25.5. The molecule has 4 aromatic rings. The number of benzene rings is 3. The van der Waals surface area contributed by atoms with E-state index in [4.69, 9.17) is 14.8 Å². The quantitative estimate of drug-likeness (QED) is 0.268. The van der Waals surface area contributed by atoms with Gasteiger partial charge in [-0.15, -0.1) is 12.4 Å². The summed E-state index contributed by atoms with van der Waals surface area (Å²) in [4.78, 5) is 4.77. The van der Waals surface area contributed by atoms with E-state index in [1.807, 2.05) is 49.4 Å². The number of nitrogens with one attached hydrogen (secondary N) is 2. The molecule has 0 aliphatic rings. The lowest BCUT2D eigenvalue weighted by atomic mass is 10.1. The molecular weight excluding hydrogens is 478 g/mol. The molecule has 0 aliphatic carbocycles. The average molecular weight is 504 g/mol. The van der Waals surface area contributed by atoms with Gasteiger partial charge in [-0.25, -0.2) is 13.4 Å². The number of pyridine rings is 1. The van der Waals surface area contributed by atoms with E-state index in [-0.39, 0.29) is 19.0 Å². The fourth-order valence-corrected chi connectivity index (χ4v) is 4.15. The molecule has 0 bridgehead atoms. The molecule has 0 saturated heterocycles. The predicted molar refractivity (Wildman–Crippen MR) is 138 cm³/mol. The Morgan fingerprint density at radius 2 is 1.79 bits per heavy atom. The van der Waals surface area contributed by atoms with Crippen LogP contribution < -0.4 is 14.8 Å². The largest absolute Gasteiger partial charge is 0.489 e. The number of hydrogen-bond donors (Lipinski definition) is 4. The van der Waals surface area contributed by atoms with Gasteiger partial charge in [0.15, 0.2) is 0 Å². The van der Waals surface area contributed by atoms with Crippen molar-refractivity contribution < 1.29 is 23.4 Å². The summed E-state index contributed by atoms with van der Waals surface area (Å²) in [5.74, 6) is 0.498. The molecule has 8 nitrogen and oxygen atoms in total. The van der Waals surface area contributed by atoms with Crippen molar-refractivity contribution >= 4 is 61.3 Å². The normalized spacial score (nSPS) is 12.2. The second-order valence-electron chi connectivity index (χ2n) is 7.83. The monoisotopic (exact) mass is 503 g/mol. The van der Waals surface area contributed by atoms with Crippen molar-refractivity contribution in [2.75, 3.05) is 29.5 Å².